The molecule has 0 amide bonds. The molecule has 18 heavy (non-hydrogen) atoms. The molecular weight excluding hydrogens is 244 g/mol. The van der Waals surface area contributed by atoms with Gasteiger partial charge < -0.3 is 8.92 Å². The van der Waals surface area contributed by atoms with Crippen molar-refractivity contribution in [2.75, 3.05) is 26.1 Å². The zero-order valence-electron chi connectivity index (χ0n) is 11.2. The van der Waals surface area contributed by atoms with Crippen molar-refractivity contribution in [1.29, 1.82) is 0 Å². The van der Waals surface area contributed by atoms with Gasteiger partial charge in [0.25, 0.3) is 0 Å². The summed E-state index contributed by atoms with van der Waals surface area (Å²) in [4.78, 5) is 0. The Labute approximate surface area is 115 Å². The van der Waals surface area contributed by atoms with Crippen molar-refractivity contribution in [2.24, 2.45) is 17.8 Å². The van der Waals surface area contributed by atoms with E-state index in [1.807, 2.05) is 6.08 Å². The van der Waals surface area contributed by atoms with Crippen LogP contribution in [0.1, 0.15) is 25.7 Å². The summed E-state index contributed by atoms with van der Waals surface area (Å²) in [5.41, 5.74) is 0. The lowest BCUT2D eigenvalue weighted by Gasteiger charge is -2.17. The topological polar surface area (TPSA) is 18.5 Å². The van der Waals surface area contributed by atoms with Gasteiger partial charge >= 0.3 is 0 Å². The van der Waals surface area contributed by atoms with Crippen LogP contribution in [-0.4, -0.2) is 26.1 Å². The van der Waals surface area contributed by atoms with Crippen LogP contribution in [0.4, 0.5) is 0 Å². The number of hydrogen-bond donors (Lipinski definition) is 0. The molecule has 3 unspecified atom stereocenters. The van der Waals surface area contributed by atoms with E-state index in [9.17, 15) is 0 Å². The first kappa shape index (κ1) is 14.2. The van der Waals surface area contributed by atoms with E-state index in [0.29, 0.717) is 6.61 Å². The fraction of sp³-hybridized carbons (Fsp3) is 0.733. The maximum Gasteiger partial charge on any atom is 0.0648 e. The molecule has 0 aromatic carbocycles. The molecule has 2 aliphatic carbocycles. The molecule has 2 aliphatic rings. The summed E-state index contributed by atoms with van der Waals surface area (Å²) in [6.45, 7) is 1.51. The van der Waals surface area contributed by atoms with E-state index in [1.165, 1.54) is 19.3 Å². The smallest absolute Gasteiger partial charge is 0.0648 e. The molecule has 0 radical (unpaired) electrons. The summed E-state index contributed by atoms with van der Waals surface area (Å²) < 4.78 is 10.5. The number of methoxy groups -OCH3 is 1. The molecule has 3 heteroatoms. The molecule has 3 atom stereocenters. The molecule has 0 N–H and O–H groups in total. The molecule has 2 nitrogen and oxygen atoms in total. The zero-order valence-corrected chi connectivity index (χ0v) is 12.0. The molecule has 1 saturated carbocycles. The van der Waals surface area contributed by atoms with E-state index in [4.69, 9.17) is 8.92 Å². The van der Waals surface area contributed by atoms with Gasteiger partial charge in [-0.1, -0.05) is 24.3 Å². The first-order valence-corrected chi connectivity index (χ1v) is 7.88. The maximum atomic E-state index is 5.56. The Balaban J connectivity index is 1.41. The Bertz CT molecular complexity index is 288. The Hall–Kier alpha value is -0.250. The largest absolute Gasteiger partial charge is 0.381 e. The van der Waals surface area contributed by atoms with Crippen molar-refractivity contribution < 1.29 is 8.92 Å². The van der Waals surface area contributed by atoms with Crippen LogP contribution in [0.2, 0.25) is 0 Å². The minimum absolute atomic E-state index is 0.699. The van der Waals surface area contributed by atoms with Gasteiger partial charge in [-0.05, 0) is 55.5 Å². The monoisotopic (exact) mass is 268 g/mol. The lowest BCUT2D eigenvalue weighted by atomic mass is 9.91. The lowest BCUT2D eigenvalue weighted by molar-refractivity contribution is 0.233. The van der Waals surface area contributed by atoms with Gasteiger partial charge in [-0.25, -0.2) is 0 Å². The summed E-state index contributed by atoms with van der Waals surface area (Å²) in [6, 6.07) is 0. The van der Waals surface area contributed by atoms with Gasteiger partial charge in [-0.3, -0.25) is 0 Å². The van der Waals surface area contributed by atoms with Crippen LogP contribution < -0.4 is 0 Å². The highest BCUT2D eigenvalue weighted by atomic mass is 32.2. The van der Waals surface area contributed by atoms with Crippen LogP contribution in [0, 0.1) is 17.8 Å². The standard InChI is InChI=1S/C15H24O2S/c1-16-8-3-2-4-9-17-18-10-7-15-12-13-5-6-14(15)11-13/h2-3,5-6,13-15H,4,7-12H2,1H3/b3-2-. The van der Waals surface area contributed by atoms with Crippen LogP contribution >= 0.6 is 12.0 Å². The molecule has 0 aromatic heterocycles. The highest BCUT2D eigenvalue weighted by Crippen LogP contribution is 2.45. The third-order valence-electron chi connectivity index (χ3n) is 3.87. The highest BCUT2D eigenvalue weighted by Gasteiger charge is 2.34. The third-order valence-corrected chi connectivity index (χ3v) is 4.60. The first-order chi connectivity index (χ1) is 8.90. The first-order valence-electron chi connectivity index (χ1n) is 6.97. The lowest BCUT2D eigenvalue weighted by Crippen LogP contribution is -2.07. The molecule has 2 bridgehead atoms. The van der Waals surface area contributed by atoms with Crippen molar-refractivity contribution in [1.82, 2.24) is 0 Å². The summed E-state index contributed by atoms with van der Waals surface area (Å²) in [7, 11) is 1.71. The molecular formula is C15H24O2S. The van der Waals surface area contributed by atoms with Crippen LogP contribution in [-0.2, 0) is 8.92 Å². The SMILES string of the molecule is COC/C=C\CCOSCCC1CC2C=CC1C2. The summed E-state index contributed by atoms with van der Waals surface area (Å²) in [5, 5.41) is 0. The third kappa shape index (κ3) is 4.45. The van der Waals surface area contributed by atoms with E-state index in [-0.39, 0.29) is 0 Å². The number of fused-ring (bicyclic) bond motifs is 2. The Morgan fingerprint density at radius 3 is 2.94 bits per heavy atom. The second kappa shape index (κ2) is 8.03. The highest BCUT2D eigenvalue weighted by molar-refractivity contribution is 7.94. The van der Waals surface area contributed by atoms with Gasteiger partial charge in [-0.2, -0.15) is 0 Å². The molecule has 1 fully saturated rings. The summed E-state index contributed by atoms with van der Waals surface area (Å²) in [5.74, 6) is 3.85. The molecule has 2 rings (SSSR count). The molecule has 0 aliphatic heterocycles. The van der Waals surface area contributed by atoms with E-state index in [0.717, 1.165) is 36.5 Å². The maximum absolute atomic E-state index is 5.56. The van der Waals surface area contributed by atoms with Crippen molar-refractivity contribution in [3.8, 4) is 0 Å². The van der Waals surface area contributed by atoms with E-state index >= 15 is 0 Å². The van der Waals surface area contributed by atoms with Crippen LogP contribution in [0.3, 0.4) is 0 Å². The normalized spacial score (nSPS) is 29.7. The molecule has 0 saturated heterocycles. The van der Waals surface area contributed by atoms with Crippen LogP contribution in [0.15, 0.2) is 24.3 Å². The van der Waals surface area contributed by atoms with Gasteiger partial charge in [0.05, 0.1) is 13.2 Å². The van der Waals surface area contributed by atoms with Gasteiger partial charge in [0, 0.05) is 12.9 Å². The van der Waals surface area contributed by atoms with Crippen LogP contribution in [0.25, 0.3) is 0 Å². The number of ether oxygens (including phenoxy) is 1. The Morgan fingerprint density at radius 1 is 1.28 bits per heavy atom. The second-order valence-electron chi connectivity index (χ2n) is 5.19. The fourth-order valence-electron chi connectivity index (χ4n) is 2.94. The minimum atomic E-state index is 0.699. The molecule has 0 heterocycles. The van der Waals surface area contributed by atoms with Gasteiger partial charge in [0.2, 0.25) is 0 Å². The molecule has 0 spiro atoms. The van der Waals surface area contributed by atoms with Crippen molar-refractivity contribution in [2.45, 2.75) is 25.7 Å². The fourth-order valence-corrected chi connectivity index (χ4v) is 3.67. The van der Waals surface area contributed by atoms with Crippen molar-refractivity contribution >= 4 is 12.0 Å². The van der Waals surface area contributed by atoms with Gasteiger partial charge in [0.15, 0.2) is 0 Å². The number of hydrogen-bond acceptors (Lipinski definition) is 3. The zero-order chi connectivity index (χ0) is 12.6. The molecule has 0 aromatic rings. The quantitative estimate of drug-likeness (QED) is 0.359. The average Bonchev–Trinajstić information content (AvgIpc) is 2.99. The summed E-state index contributed by atoms with van der Waals surface area (Å²) in [6.07, 6.45) is 14.1. The predicted molar refractivity (Wildman–Crippen MR) is 77.5 cm³/mol. The van der Waals surface area contributed by atoms with E-state index in [1.54, 1.807) is 19.2 Å². The van der Waals surface area contributed by atoms with Crippen molar-refractivity contribution in [3.05, 3.63) is 24.3 Å². The second-order valence-corrected chi connectivity index (χ2v) is 6.07. The minimum Gasteiger partial charge on any atom is -0.381 e. The van der Waals surface area contributed by atoms with Crippen molar-refractivity contribution in [3.63, 3.8) is 0 Å². The predicted octanol–water partition coefficient (Wildman–Crippen LogP) is 3.85. The van der Waals surface area contributed by atoms with Crippen LogP contribution in [0.5, 0.6) is 0 Å². The Morgan fingerprint density at radius 2 is 2.22 bits per heavy atom. The number of rotatable bonds is 9. The average molecular weight is 268 g/mol. The van der Waals surface area contributed by atoms with Gasteiger partial charge in [0.1, 0.15) is 0 Å². The van der Waals surface area contributed by atoms with E-state index in [2.05, 4.69) is 18.2 Å². The summed E-state index contributed by atoms with van der Waals surface area (Å²) >= 11 is 1.64. The molecule has 102 valence electrons. The Kier molecular flexibility index (Phi) is 6.32. The van der Waals surface area contributed by atoms with E-state index < -0.39 is 0 Å². The van der Waals surface area contributed by atoms with Gasteiger partial charge in [-0.15, -0.1) is 0 Å². The number of allylic oxidation sites excluding steroid dienone is 2.